The van der Waals surface area contributed by atoms with Crippen molar-refractivity contribution in [3.8, 4) is 11.5 Å². The molecule has 2 aromatic carbocycles. The van der Waals surface area contributed by atoms with E-state index in [2.05, 4.69) is 13.8 Å². The first kappa shape index (κ1) is 35.4. The molecular weight excluding hydrogens is 520 g/mol. The summed E-state index contributed by atoms with van der Waals surface area (Å²) in [5, 5.41) is 0. The van der Waals surface area contributed by atoms with Gasteiger partial charge in [-0.05, 0) is 86.8 Å². The van der Waals surface area contributed by atoms with Crippen molar-refractivity contribution >= 4 is 22.7 Å². The molecule has 0 amide bonds. The van der Waals surface area contributed by atoms with E-state index in [1.54, 1.807) is 0 Å². The zero-order valence-corrected chi connectivity index (χ0v) is 27.0. The molecule has 8 N–H and O–H groups in total. The molecule has 0 saturated carbocycles. The van der Waals surface area contributed by atoms with Crippen LogP contribution in [-0.2, 0) is 12.8 Å². The van der Waals surface area contributed by atoms with Gasteiger partial charge in [0.25, 0.3) is 0 Å². The maximum Gasteiger partial charge on any atom is 0.165 e. The number of hydrogen-bond acceptors (Lipinski definition) is 6. The maximum atomic E-state index is 6.29. The van der Waals surface area contributed by atoms with E-state index in [1.807, 2.05) is 24.3 Å². The minimum absolute atomic E-state index is 0.604. The van der Waals surface area contributed by atoms with Crippen LogP contribution in [0.25, 0.3) is 0 Å². The molecular formula is C36H62N4O2. The van der Waals surface area contributed by atoms with Crippen LogP contribution in [0, 0.1) is 0 Å². The number of anilines is 4. The second kappa shape index (κ2) is 21.9. The predicted octanol–water partition coefficient (Wildman–Crippen LogP) is 9.62. The summed E-state index contributed by atoms with van der Waals surface area (Å²) in [5.41, 5.74) is 30.1. The first-order valence-electron chi connectivity index (χ1n) is 17.1. The fourth-order valence-electron chi connectivity index (χ4n) is 5.58. The van der Waals surface area contributed by atoms with Crippen molar-refractivity contribution in [1.29, 1.82) is 0 Å². The number of ether oxygens (including phenoxy) is 2. The average molecular weight is 583 g/mol. The lowest BCUT2D eigenvalue weighted by atomic mass is 10.0. The first-order chi connectivity index (χ1) is 20.5. The number of rotatable bonds is 25. The average Bonchev–Trinajstić information content (AvgIpc) is 2.95. The van der Waals surface area contributed by atoms with Crippen LogP contribution in [0.15, 0.2) is 24.3 Å². The molecule has 0 bridgehead atoms. The van der Waals surface area contributed by atoms with Gasteiger partial charge < -0.3 is 32.4 Å². The van der Waals surface area contributed by atoms with Gasteiger partial charge in [-0.3, -0.25) is 0 Å². The van der Waals surface area contributed by atoms with Gasteiger partial charge in [-0.1, -0.05) is 90.9 Å². The lowest BCUT2D eigenvalue weighted by molar-refractivity contribution is 0.290. The van der Waals surface area contributed by atoms with Crippen molar-refractivity contribution in [3.05, 3.63) is 35.4 Å². The minimum atomic E-state index is 0.604. The minimum Gasteiger partial charge on any atom is -0.489 e. The van der Waals surface area contributed by atoms with Gasteiger partial charge >= 0.3 is 0 Å². The van der Waals surface area contributed by atoms with Crippen molar-refractivity contribution < 1.29 is 9.47 Å². The number of nitrogen functional groups attached to an aromatic ring is 4. The van der Waals surface area contributed by atoms with Gasteiger partial charge in [-0.25, -0.2) is 0 Å². The van der Waals surface area contributed by atoms with Gasteiger partial charge in [0, 0.05) is 0 Å². The van der Waals surface area contributed by atoms with Crippen molar-refractivity contribution in [2.75, 3.05) is 36.1 Å². The number of nitrogens with two attached hydrogens (primary N) is 4. The van der Waals surface area contributed by atoms with Crippen LogP contribution < -0.4 is 32.4 Å². The summed E-state index contributed by atoms with van der Waals surface area (Å²) in [6.07, 6.45) is 24.2. The molecule has 0 spiro atoms. The fraction of sp³-hybridized carbons (Fsp3) is 0.667. The Morgan fingerprint density at radius 1 is 0.405 bits per heavy atom. The van der Waals surface area contributed by atoms with Crippen LogP contribution >= 0.6 is 0 Å². The molecule has 0 aliphatic rings. The Bertz CT molecular complexity index is 869. The first-order valence-corrected chi connectivity index (χ1v) is 17.1. The van der Waals surface area contributed by atoms with E-state index in [9.17, 15) is 0 Å². The zero-order chi connectivity index (χ0) is 30.4. The highest BCUT2D eigenvalue weighted by Gasteiger charge is 2.10. The molecule has 0 aliphatic carbocycles. The molecule has 0 radical (unpaired) electrons. The van der Waals surface area contributed by atoms with E-state index >= 15 is 0 Å². The van der Waals surface area contributed by atoms with Gasteiger partial charge in [0.05, 0.1) is 36.0 Å². The van der Waals surface area contributed by atoms with Gasteiger partial charge in [-0.15, -0.1) is 0 Å². The zero-order valence-electron chi connectivity index (χ0n) is 27.0. The highest BCUT2D eigenvalue weighted by Crippen LogP contribution is 2.33. The van der Waals surface area contributed by atoms with Crippen LogP contribution in [0.3, 0.4) is 0 Å². The van der Waals surface area contributed by atoms with Crippen LogP contribution in [0.4, 0.5) is 22.7 Å². The highest BCUT2D eigenvalue weighted by atomic mass is 16.5. The molecule has 238 valence electrons. The summed E-state index contributed by atoms with van der Waals surface area (Å²) in [4.78, 5) is 0. The molecule has 0 unspecified atom stereocenters. The highest BCUT2D eigenvalue weighted by molar-refractivity contribution is 5.69. The van der Waals surface area contributed by atoms with Gasteiger partial charge in [0.2, 0.25) is 0 Å². The third-order valence-electron chi connectivity index (χ3n) is 8.08. The van der Waals surface area contributed by atoms with E-state index < -0.39 is 0 Å². The van der Waals surface area contributed by atoms with E-state index in [0.717, 1.165) is 38.5 Å². The second-order valence-electron chi connectivity index (χ2n) is 12.1. The quantitative estimate of drug-likeness (QED) is 0.0682. The smallest absolute Gasteiger partial charge is 0.165 e. The van der Waals surface area contributed by atoms with E-state index in [4.69, 9.17) is 32.4 Å². The van der Waals surface area contributed by atoms with Crippen LogP contribution in [-0.4, -0.2) is 13.2 Å². The normalized spacial score (nSPS) is 11.2. The molecule has 0 aliphatic heterocycles. The maximum absolute atomic E-state index is 6.29. The number of hydrogen-bond donors (Lipinski definition) is 4. The second-order valence-corrected chi connectivity index (χ2v) is 12.1. The van der Waals surface area contributed by atoms with E-state index in [1.165, 1.54) is 101 Å². The van der Waals surface area contributed by atoms with Gasteiger partial charge in [0.1, 0.15) is 0 Å². The largest absolute Gasteiger partial charge is 0.489 e. The van der Waals surface area contributed by atoms with E-state index in [0.29, 0.717) is 47.5 Å². The Balaban J connectivity index is 1.59. The van der Waals surface area contributed by atoms with Gasteiger partial charge in [-0.2, -0.15) is 0 Å². The third-order valence-corrected chi connectivity index (χ3v) is 8.08. The molecule has 0 heterocycles. The Morgan fingerprint density at radius 2 is 0.690 bits per heavy atom. The molecule has 0 aromatic heterocycles. The van der Waals surface area contributed by atoms with Crippen molar-refractivity contribution in [2.24, 2.45) is 0 Å². The molecule has 0 fully saturated rings. The Hall–Kier alpha value is -2.76. The summed E-state index contributed by atoms with van der Waals surface area (Å²) in [7, 11) is 0. The summed E-state index contributed by atoms with van der Waals surface area (Å²) in [6, 6.07) is 8.11. The topological polar surface area (TPSA) is 123 Å². The Labute approximate surface area is 257 Å². The molecule has 42 heavy (non-hydrogen) atoms. The van der Waals surface area contributed by atoms with Crippen molar-refractivity contribution in [2.45, 2.75) is 142 Å². The Morgan fingerprint density at radius 3 is 1.02 bits per heavy atom. The van der Waals surface area contributed by atoms with E-state index in [-0.39, 0.29) is 0 Å². The predicted molar refractivity (Wildman–Crippen MR) is 183 cm³/mol. The summed E-state index contributed by atoms with van der Waals surface area (Å²) < 4.78 is 11.9. The van der Waals surface area contributed by atoms with Crippen LogP contribution in [0.2, 0.25) is 0 Å². The third kappa shape index (κ3) is 14.4. The fourth-order valence-corrected chi connectivity index (χ4v) is 5.58. The molecule has 0 saturated heterocycles. The monoisotopic (exact) mass is 582 g/mol. The number of aryl methyl sites for hydroxylation is 2. The SMILES string of the molecule is CCCCCCCCCc1cc(N)c(OCCCCCCOc2c(N)cc(CCCCCCCCC)cc2N)c(N)c1. The lowest BCUT2D eigenvalue weighted by Crippen LogP contribution is -2.06. The molecule has 6 nitrogen and oxygen atoms in total. The molecule has 0 atom stereocenters. The van der Waals surface area contributed by atoms with Crippen molar-refractivity contribution in [1.82, 2.24) is 0 Å². The van der Waals surface area contributed by atoms with Crippen LogP contribution in [0.1, 0.15) is 141 Å². The Kier molecular flexibility index (Phi) is 18.5. The summed E-state index contributed by atoms with van der Waals surface area (Å²) >= 11 is 0. The molecule has 2 aromatic rings. The van der Waals surface area contributed by atoms with Gasteiger partial charge in [0.15, 0.2) is 11.5 Å². The summed E-state index contributed by atoms with van der Waals surface area (Å²) in [5.74, 6) is 1.26. The molecule has 2 rings (SSSR count). The number of unbranched alkanes of at least 4 members (excludes halogenated alkanes) is 15. The summed E-state index contributed by atoms with van der Waals surface area (Å²) in [6.45, 7) is 5.72. The number of benzene rings is 2. The molecule has 6 heteroatoms. The standard InChI is InChI=1S/C36H62N4O2/c1-3-5-7-9-11-13-17-21-29-25-31(37)35(32(38)26-29)41-23-19-15-16-20-24-42-36-33(39)27-30(28-34(36)40)22-18-14-12-10-8-6-4-2/h25-28H,3-24,37-40H2,1-2H3. The van der Waals surface area contributed by atoms with Crippen molar-refractivity contribution in [3.63, 3.8) is 0 Å². The lowest BCUT2D eigenvalue weighted by Gasteiger charge is -2.14. The van der Waals surface area contributed by atoms with Crippen LogP contribution in [0.5, 0.6) is 11.5 Å².